The largest absolute Gasteiger partial charge is 0.497 e. The minimum atomic E-state index is -1.03. The zero-order valence-corrected chi connectivity index (χ0v) is 17.3. The van der Waals surface area contributed by atoms with Gasteiger partial charge in [0.25, 0.3) is 0 Å². The number of benzene rings is 2. The third-order valence-corrected chi connectivity index (χ3v) is 7.29. The quantitative estimate of drug-likeness (QED) is 0.579. The number of methoxy groups -OCH3 is 1. The molecule has 2 aromatic carbocycles. The van der Waals surface area contributed by atoms with E-state index in [9.17, 15) is 9.59 Å². The second-order valence-corrected chi connectivity index (χ2v) is 8.41. The first-order chi connectivity index (χ1) is 14.6. The monoisotopic (exact) mass is 406 g/mol. The Labute approximate surface area is 176 Å². The van der Waals surface area contributed by atoms with E-state index in [1.807, 2.05) is 66.5 Å². The first-order valence-corrected chi connectivity index (χ1v) is 10.4. The highest BCUT2D eigenvalue weighted by molar-refractivity contribution is 6.16. The molecule has 0 N–H and O–H groups in total. The van der Waals surface area contributed by atoms with Crippen LogP contribution in [0.5, 0.6) is 5.75 Å². The molecule has 6 nitrogen and oxygen atoms in total. The average Bonchev–Trinajstić information content (AvgIpc) is 2.81. The van der Waals surface area contributed by atoms with Crippen LogP contribution in [-0.2, 0) is 20.9 Å². The summed E-state index contributed by atoms with van der Waals surface area (Å²) in [4.78, 5) is 30.7. The minimum Gasteiger partial charge on any atom is -0.497 e. The van der Waals surface area contributed by atoms with Gasteiger partial charge < -0.3 is 19.3 Å². The standard InChI is InChI=1S/C24H26N2O4/c1-25-21(27)24(23(25)12-14-30-15-13-23)20(18-8-10-19(29-2)11-9-18)26(22(24)28)16-17-6-4-3-5-7-17/h3-11,20H,12-16H2,1-2H3/t20-,24+/m0/s1. The number of β-lactam (4-membered cyclic amide) rings is 2. The molecule has 2 spiro atoms. The summed E-state index contributed by atoms with van der Waals surface area (Å²) in [5, 5.41) is 0. The van der Waals surface area contributed by atoms with Crippen LogP contribution in [-0.4, -0.2) is 54.5 Å². The van der Waals surface area contributed by atoms with Gasteiger partial charge in [-0.2, -0.15) is 0 Å². The van der Waals surface area contributed by atoms with Crippen molar-refractivity contribution in [2.75, 3.05) is 27.4 Å². The molecule has 0 saturated carbocycles. The molecule has 30 heavy (non-hydrogen) atoms. The van der Waals surface area contributed by atoms with Gasteiger partial charge in [-0.3, -0.25) is 9.59 Å². The molecule has 0 aromatic heterocycles. The Morgan fingerprint density at radius 1 is 1.00 bits per heavy atom. The van der Waals surface area contributed by atoms with Crippen LogP contribution in [0.25, 0.3) is 0 Å². The summed E-state index contributed by atoms with van der Waals surface area (Å²) in [7, 11) is 3.46. The topological polar surface area (TPSA) is 59.1 Å². The molecule has 3 aliphatic heterocycles. The fourth-order valence-corrected chi connectivity index (χ4v) is 5.76. The van der Waals surface area contributed by atoms with Crippen LogP contribution >= 0.6 is 0 Å². The second kappa shape index (κ2) is 6.84. The lowest BCUT2D eigenvalue weighted by Gasteiger charge is -2.73. The molecule has 0 unspecified atom stereocenters. The maximum atomic E-state index is 13.7. The van der Waals surface area contributed by atoms with Crippen molar-refractivity contribution in [3.8, 4) is 5.75 Å². The molecule has 2 amide bonds. The Morgan fingerprint density at radius 2 is 1.67 bits per heavy atom. The Hall–Kier alpha value is -2.86. The lowest BCUT2D eigenvalue weighted by molar-refractivity contribution is -0.248. The molecule has 3 saturated heterocycles. The number of ether oxygens (including phenoxy) is 2. The molecule has 0 bridgehead atoms. The third kappa shape index (κ3) is 2.28. The molecule has 0 aliphatic carbocycles. The highest BCUT2D eigenvalue weighted by Gasteiger charge is 2.83. The van der Waals surface area contributed by atoms with Crippen molar-refractivity contribution in [2.45, 2.75) is 31.0 Å². The fourth-order valence-electron chi connectivity index (χ4n) is 5.76. The van der Waals surface area contributed by atoms with Crippen molar-refractivity contribution in [3.05, 3.63) is 65.7 Å². The summed E-state index contributed by atoms with van der Waals surface area (Å²) in [5.74, 6) is 0.627. The molecule has 2 atom stereocenters. The predicted molar refractivity (Wildman–Crippen MR) is 111 cm³/mol. The van der Waals surface area contributed by atoms with Crippen LogP contribution in [0.1, 0.15) is 30.0 Å². The van der Waals surface area contributed by atoms with Gasteiger partial charge in [0.1, 0.15) is 5.75 Å². The molecular formula is C24H26N2O4. The number of carbonyl (C=O) groups is 2. The van der Waals surface area contributed by atoms with Gasteiger partial charge in [0.2, 0.25) is 11.8 Å². The van der Waals surface area contributed by atoms with Crippen molar-refractivity contribution >= 4 is 11.8 Å². The first kappa shape index (κ1) is 19.1. The lowest BCUT2D eigenvalue weighted by Crippen LogP contribution is -2.89. The van der Waals surface area contributed by atoms with E-state index in [2.05, 4.69) is 0 Å². The SMILES string of the molecule is COc1ccc([C@@H]2N(Cc3ccccc3)C(=O)[C@]23C(=O)N(C)C32CCOCC2)cc1. The predicted octanol–water partition coefficient (Wildman–Crippen LogP) is 2.79. The van der Waals surface area contributed by atoms with E-state index in [0.717, 1.165) is 16.9 Å². The molecule has 156 valence electrons. The van der Waals surface area contributed by atoms with Crippen LogP contribution < -0.4 is 4.74 Å². The van der Waals surface area contributed by atoms with E-state index in [4.69, 9.17) is 9.47 Å². The van der Waals surface area contributed by atoms with Gasteiger partial charge in [0, 0.05) is 26.8 Å². The van der Waals surface area contributed by atoms with E-state index in [1.54, 1.807) is 12.0 Å². The molecule has 3 aliphatic rings. The van der Waals surface area contributed by atoms with Crippen LogP contribution in [0, 0.1) is 5.41 Å². The molecule has 3 fully saturated rings. The molecule has 0 radical (unpaired) electrons. The number of rotatable bonds is 4. The number of nitrogens with zero attached hydrogens (tertiary/aromatic N) is 2. The maximum absolute atomic E-state index is 13.7. The summed E-state index contributed by atoms with van der Waals surface area (Å²) < 4.78 is 10.9. The van der Waals surface area contributed by atoms with Crippen molar-refractivity contribution < 1.29 is 19.1 Å². The van der Waals surface area contributed by atoms with Crippen LogP contribution in [0.3, 0.4) is 0 Å². The maximum Gasteiger partial charge on any atom is 0.244 e. The summed E-state index contributed by atoms with van der Waals surface area (Å²) in [6.45, 7) is 1.63. The average molecular weight is 406 g/mol. The van der Waals surface area contributed by atoms with Gasteiger partial charge >= 0.3 is 0 Å². The van der Waals surface area contributed by atoms with Crippen LogP contribution in [0.2, 0.25) is 0 Å². The third-order valence-electron chi connectivity index (χ3n) is 7.29. The summed E-state index contributed by atoms with van der Waals surface area (Å²) >= 11 is 0. The van der Waals surface area contributed by atoms with Gasteiger partial charge in [0.05, 0.1) is 18.7 Å². The summed E-state index contributed by atoms with van der Waals surface area (Å²) in [5.41, 5.74) is 0.519. The van der Waals surface area contributed by atoms with Crippen molar-refractivity contribution in [1.29, 1.82) is 0 Å². The highest BCUT2D eigenvalue weighted by atomic mass is 16.5. The number of carbonyl (C=O) groups excluding carboxylic acids is 2. The number of likely N-dealkylation sites (tertiary alicyclic amines) is 2. The van der Waals surface area contributed by atoms with Gasteiger partial charge in [-0.15, -0.1) is 0 Å². The number of amides is 2. The number of hydrogen-bond acceptors (Lipinski definition) is 4. The van der Waals surface area contributed by atoms with E-state index in [-0.39, 0.29) is 17.9 Å². The van der Waals surface area contributed by atoms with Crippen molar-refractivity contribution in [3.63, 3.8) is 0 Å². The van der Waals surface area contributed by atoms with E-state index >= 15 is 0 Å². The van der Waals surface area contributed by atoms with Gasteiger partial charge in [-0.25, -0.2) is 0 Å². The Morgan fingerprint density at radius 3 is 2.30 bits per heavy atom. The summed E-state index contributed by atoms with van der Waals surface area (Å²) in [6, 6.07) is 17.4. The number of hydrogen-bond donors (Lipinski definition) is 0. The summed E-state index contributed by atoms with van der Waals surface area (Å²) in [6.07, 6.45) is 1.37. The van der Waals surface area contributed by atoms with Crippen LogP contribution in [0.4, 0.5) is 0 Å². The lowest BCUT2D eigenvalue weighted by atomic mass is 9.47. The second-order valence-electron chi connectivity index (χ2n) is 8.41. The molecule has 3 heterocycles. The first-order valence-electron chi connectivity index (χ1n) is 10.4. The van der Waals surface area contributed by atoms with E-state index in [1.165, 1.54) is 0 Å². The Balaban J connectivity index is 1.59. The Bertz CT molecular complexity index is 968. The van der Waals surface area contributed by atoms with Gasteiger partial charge in [-0.05, 0) is 36.1 Å². The molecule has 5 rings (SSSR count). The zero-order chi connectivity index (χ0) is 20.9. The zero-order valence-electron chi connectivity index (χ0n) is 17.3. The normalized spacial score (nSPS) is 27.2. The van der Waals surface area contributed by atoms with Gasteiger partial charge in [-0.1, -0.05) is 42.5 Å². The smallest absolute Gasteiger partial charge is 0.244 e. The highest BCUT2D eigenvalue weighted by Crippen LogP contribution is 2.67. The van der Waals surface area contributed by atoms with Gasteiger partial charge in [0.15, 0.2) is 5.41 Å². The minimum absolute atomic E-state index is 0.0582. The molecule has 2 aromatic rings. The van der Waals surface area contributed by atoms with Crippen molar-refractivity contribution in [2.24, 2.45) is 5.41 Å². The van der Waals surface area contributed by atoms with E-state index < -0.39 is 11.0 Å². The van der Waals surface area contributed by atoms with Crippen LogP contribution in [0.15, 0.2) is 54.6 Å². The number of fused-ring (bicyclic) bond motifs is 1. The van der Waals surface area contributed by atoms with E-state index in [0.29, 0.717) is 32.6 Å². The van der Waals surface area contributed by atoms with Crippen molar-refractivity contribution in [1.82, 2.24) is 9.80 Å². The Kier molecular flexibility index (Phi) is 4.36. The molecule has 6 heteroatoms. The molecular weight excluding hydrogens is 380 g/mol. The fraction of sp³-hybridized carbons (Fsp3) is 0.417.